The fourth-order valence-electron chi connectivity index (χ4n) is 1.82. The van der Waals surface area contributed by atoms with E-state index in [0.29, 0.717) is 5.75 Å². The van der Waals surface area contributed by atoms with Crippen molar-refractivity contribution in [3.63, 3.8) is 0 Å². The number of fused-ring (bicyclic) bond motifs is 3. The number of phenols is 1. The number of benzene rings is 1. The van der Waals surface area contributed by atoms with E-state index in [2.05, 4.69) is 5.32 Å². The van der Waals surface area contributed by atoms with E-state index in [-0.39, 0.29) is 0 Å². The van der Waals surface area contributed by atoms with E-state index in [4.69, 9.17) is 0 Å². The molecule has 0 bridgehead atoms. The second-order valence-electron chi connectivity index (χ2n) is 3.56. The van der Waals surface area contributed by atoms with Gasteiger partial charge in [-0.05, 0) is 18.2 Å². The lowest BCUT2D eigenvalue weighted by molar-refractivity contribution is 0.476. The molecule has 0 saturated heterocycles. The molecule has 2 heterocycles. The predicted octanol–water partition coefficient (Wildman–Crippen LogP) is 2.80. The fraction of sp³-hybridized carbons (Fsp3) is 0.273. The van der Waals surface area contributed by atoms with E-state index in [0.717, 1.165) is 18.8 Å². The van der Waals surface area contributed by atoms with Crippen LogP contribution in [0, 0.1) is 0 Å². The molecule has 0 spiro atoms. The first-order chi connectivity index (χ1) is 7.34. The minimum Gasteiger partial charge on any atom is -0.508 e. The molecule has 2 N–H and O–H groups in total. The third-order valence-electron chi connectivity index (χ3n) is 2.50. The smallest absolute Gasteiger partial charge is 0.116 e. The number of phenolic OH excluding ortho intramolecular Hbond substituents is 1. The molecule has 15 heavy (non-hydrogen) atoms. The molecule has 4 heteroatoms. The standard InChI is InChI=1S/C11H11NOS2/c13-7-1-2-9-8(5-7)11-10(15-9)6-12-3-4-14-11/h1-2,5,12-13H,3-4,6H2. The molecule has 0 saturated carbocycles. The van der Waals surface area contributed by atoms with Crippen molar-refractivity contribution in [3.05, 3.63) is 23.1 Å². The Kier molecular flexibility index (Phi) is 2.35. The summed E-state index contributed by atoms with van der Waals surface area (Å²) in [6.07, 6.45) is 0. The summed E-state index contributed by atoms with van der Waals surface area (Å²) in [6, 6.07) is 5.64. The molecule has 78 valence electrons. The maximum Gasteiger partial charge on any atom is 0.116 e. The van der Waals surface area contributed by atoms with Crippen LogP contribution in [0.4, 0.5) is 0 Å². The van der Waals surface area contributed by atoms with Crippen molar-refractivity contribution < 1.29 is 5.11 Å². The van der Waals surface area contributed by atoms with Gasteiger partial charge in [-0.25, -0.2) is 0 Å². The van der Waals surface area contributed by atoms with Crippen LogP contribution in [0.25, 0.3) is 10.1 Å². The molecule has 0 radical (unpaired) electrons. The van der Waals surface area contributed by atoms with Crippen molar-refractivity contribution in [2.45, 2.75) is 11.4 Å². The highest BCUT2D eigenvalue weighted by atomic mass is 32.2. The highest BCUT2D eigenvalue weighted by molar-refractivity contribution is 7.99. The van der Waals surface area contributed by atoms with Crippen LogP contribution in [0.1, 0.15) is 4.88 Å². The zero-order valence-corrected chi connectivity index (χ0v) is 9.75. The summed E-state index contributed by atoms with van der Waals surface area (Å²) < 4.78 is 1.27. The maximum absolute atomic E-state index is 9.50. The molecular formula is C11H11NOS2. The molecule has 1 aromatic carbocycles. The Morgan fingerprint density at radius 2 is 2.27 bits per heavy atom. The van der Waals surface area contributed by atoms with E-state index in [9.17, 15) is 5.11 Å². The van der Waals surface area contributed by atoms with Crippen LogP contribution in [0.15, 0.2) is 23.1 Å². The first-order valence-corrected chi connectivity index (χ1v) is 6.73. The first kappa shape index (κ1) is 9.51. The number of aromatic hydroxyl groups is 1. The second kappa shape index (κ2) is 3.70. The molecule has 1 aromatic heterocycles. The summed E-state index contributed by atoms with van der Waals surface area (Å²) in [5.41, 5.74) is 0. The van der Waals surface area contributed by atoms with Crippen LogP contribution in [-0.4, -0.2) is 17.4 Å². The number of nitrogens with one attached hydrogen (secondary N) is 1. The van der Waals surface area contributed by atoms with Gasteiger partial charge in [-0.3, -0.25) is 0 Å². The summed E-state index contributed by atoms with van der Waals surface area (Å²) >= 11 is 3.72. The third kappa shape index (κ3) is 1.62. The Hall–Kier alpha value is -0.710. The maximum atomic E-state index is 9.50. The van der Waals surface area contributed by atoms with E-state index in [1.54, 1.807) is 6.07 Å². The third-order valence-corrected chi connectivity index (χ3v) is 4.97. The minimum atomic E-state index is 0.362. The lowest BCUT2D eigenvalue weighted by Gasteiger charge is -1.97. The van der Waals surface area contributed by atoms with E-state index in [1.165, 1.54) is 19.9 Å². The molecule has 1 aliphatic rings. The zero-order chi connectivity index (χ0) is 10.3. The van der Waals surface area contributed by atoms with Gasteiger partial charge >= 0.3 is 0 Å². The average Bonchev–Trinajstić information content (AvgIpc) is 2.44. The molecule has 2 aromatic rings. The highest BCUT2D eigenvalue weighted by Crippen LogP contribution is 2.40. The fourth-order valence-corrected chi connectivity index (χ4v) is 4.24. The Labute approximate surface area is 96.3 Å². The molecule has 0 atom stereocenters. The van der Waals surface area contributed by atoms with Crippen molar-refractivity contribution in [1.29, 1.82) is 0 Å². The van der Waals surface area contributed by atoms with Crippen LogP contribution in [0.3, 0.4) is 0 Å². The van der Waals surface area contributed by atoms with Crippen molar-refractivity contribution >= 4 is 33.2 Å². The first-order valence-electron chi connectivity index (χ1n) is 4.92. The van der Waals surface area contributed by atoms with Gasteiger partial charge in [0.1, 0.15) is 5.75 Å². The number of hydrogen-bond acceptors (Lipinski definition) is 4. The Balaban J connectivity index is 2.24. The van der Waals surface area contributed by atoms with Crippen LogP contribution >= 0.6 is 23.1 Å². The van der Waals surface area contributed by atoms with Crippen LogP contribution < -0.4 is 5.32 Å². The molecule has 0 unspecified atom stereocenters. The Morgan fingerprint density at radius 3 is 3.20 bits per heavy atom. The van der Waals surface area contributed by atoms with Gasteiger partial charge < -0.3 is 10.4 Å². The van der Waals surface area contributed by atoms with Gasteiger partial charge in [0.2, 0.25) is 0 Å². The number of thioether (sulfide) groups is 1. The highest BCUT2D eigenvalue weighted by Gasteiger charge is 2.15. The van der Waals surface area contributed by atoms with E-state index >= 15 is 0 Å². The second-order valence-corrected chi connectivity index (χ2v) is 5.80. The lowest BCUT2D eigenvalue weighted by atomic mass is 10.2. The van der Waals surface area contributed by atoms with Crippen LogP contribution in [0.5, 0.6) is 5.75 Å². The normalized spacial score (nSPS) is 16.3. The molecule has 3 rings (SSSR count). The van der Waals surface area contributed by atoms with Gasteiger partial charge in [-0.1, -0.05) is 0 Å². The summed E-state index contributed by atoms with van der Waals surface area (Å²) in [4.78, 5) is 2.76. The Morgan fingerprint density at radius 1 is 1.33 bits per heavy atom. The summed E-state index contributed by atoms with van der Waals surface area (Å²) in [7, 11) is 0. The number of thiophene rings is 1. The molecule has 0 fully saturated rings. The molecule has 1 aliphatic heterocycles. The van der Waals surface area contributed by atoms with Crippen molar-refractivity contribution in [2.24, 2.45) is 0 Å². The largest absolute Gasteiger partial charge is 0.508 e. The summed E-state index contributed by atoms with van der Waals surface area (Å²) in [5.74, 6) is 1.47. The van der Waals surface area contributed by atoms with Gasteiger partial charge in [0.05, 0.1) is 0 Å². The van der Waals surface area contributed by atoms with Crippen LogP contribution in [-0.2, 0) is 6.54 Å². The SMILES string of the molecule is Oc1ccc2sc3c(c2c1)SCCNC3. The molecule has 0 aliphatic carbocycles. The van der Waals surface area contributed by atoms with E-state index < -0.39 is 0 Å². The van der Waals surface area contributed by atoms with Crippen molar-refractivity contribution in [2.75, 3.05) is 12.3 Å². The van der Waals surface area contributed by atoms with Crippen LogP contribution in [0.2, 0.25) is 0 Å². The Bertz CT molecular complexity index is 507. The van der Waals surface area contributed by atoms with Gasteiger partial charge in [-0.15, -0.1) is 23.1 Å². The average molecular weight is 237 g/mol. The molecule has 2 nitrogen and oxygen atoms in total. The van der Waals surface area contributed by atoms with Crippen molar-refractivity contribution in [3.8, 4) is 5.75 Å². The lowest BCUT2D eigenvalue weighted by Crippen LogP contribution is -2.13. The number of hydrogen-bond donors (Lipinski definition) is 2. The monoisotopic (exact) mass is 237 g/mol. The zero-order valence-electron chi connectivity index (χ0n) is 8.12. The van der Waals surface area contributed by atoms with Crippen molar-refractivity contribution in [1.82, 2.24) is 5.32 Å². The van der Waals surface area contributed by atoms with Gasteiger partial charge in [-0.2, -0.15) is 0 Å². The number of rotatable bonds is 0. The quantitative estimate of drug-likeness (QED) is 0.739. The summed E-state index contributed by atoms with van der Waals surface area (Å²) in [5, 5.41) is 14.1. The molecule has 0 amide bonds. The topological polar surface area (TPSA) is 32.3 Å². The van der Waals surface area contributed by atoms with Gasteiger partial charge in [0.25, 0.3) is 0 Å². The van der Waals surface area contributed by atoms with Gasteiger partial charge in [0, 0.05) is 38.7 Å². The minimum absolute atomic E-state index is 0.362. The van der Waals surface area contributed by atoms with Gasteiger partial charge in [0.15, 0.2) is 0 Å². The molecular weight excluding hydrogens is 226 g/mol. The van der Waals surface area contributed by atoms with E-state index in [1.807, 2.05) is 35.2 Å². The summed E-state index contributed by atoms with van der Waals surface area (Å²) in [6.45, 7) is 2.02. The predicted molar refractivity (Wildman–Crippen MR) is 65.9 cm³/mol.